The average molecular weight is 282 g/mol. The first-order valence-corrected chi connectivity index (χ1v) is 7.02. The van der Waals surface area contributed by atoms with Crippen LogP contribution in [0.5, 0.6) is 0 Å². The Morgan fingerprint density at radius 1 is 1.17 bits per heavy atom. The number of halogens is 1. The number of benzene rings is 1. The number of rotatable bonds is 6. The summed E-state index contributed by atoms with van der Waals surface area (Å²) in [7, 11) is 1.95. The van der Waals surface area contributed by atoms with E-state index in [0.29, 0.717) is 13.2 Å². The largest absolute Gasteiger partial charge is 0.371 e. The molecule has 0 unspecified atom stereocenters. The van der Waals surface area contributed by atoms with E-state index >= 15 is 0 Å². The molecule has 0 amide bonds. The molecule has 0 aliphatic heterocycles. The van der Waals surface area contributed by atoms with Gasteiger partial charge in [-0.2, -0.15) is 0 Å². The quantitative estimate of drug-likeness (QED) is 0.869. The lowest BCUT2D eigenvalue weighted by atomic mass is 10.2. The van der Waals surface area contributed by atoms with Crippen molar-refractivity contribution in [3.8, 4) is 0 Å². The minimum absolute atomic E-state index is 0.597. The van der Waals surface area contributed by atoms with Gasteiger partial charge in [0.2, 0.25) is 0 Å². The Morgan fingerprint density at radius 2 is 2.00 bits per heavy atom. The van der Waals surface area contributed by atoms with Crippen molar-refractivity contribution in [2.75, 3.05) is 7.05 Å². The van der Waals surface area contributed by atoms with Gasteiger partial charge in [-0.3, -0.25) is 0 Å². The second kappa shape index (κ2) is 6.90. The maximum Gasteiger partial charge on any atom is 0.0814 e. The summed E-state index contributed by atoms with van der Waals surface area (Å²) in [5, 5.41) is 3.89. The van der Waals surface area contributed by atoms with Crippen molar-refractivity contribution in [2.45, 2.75) is 19.8 Å². The van der Waals surface area contributed by atoms with Crippen LogP contribution in [-0.2, 0) is 24.5 Å². The van der Waals surface area contributed by atoms with Gasteiger partial charge in [-0.25, -0.2) is 0 Å². The van der Waals surface area contributed by atoms with Crippen molar-refractivity contribution >= 4 is 22.9 Å². The molecule has 0 atom stereocenters. The molecule has 96 valence electrons. The molecule has 0 bridgehead atoms. The van der Waals surface area contributed by atoms with Gasteiger partial charge in [-0.1, -0.05) is 23.7 Å². The van der Waals surface area contributed by atoms with Crippen molar-refractivity contribution in [1.29, 1.82) is 0 Å². The zero-order valence-corrected chi connectivity index (χ0v) is 11.9. The zero-order chi connectivity index (χ0) is 12.8. The summed E-state index contributed by atoms with van der Waals surface area (Å²) in [5.41, 5.74) is 1.11. The number of ether oxygens (including phenoxy) is 1. The van der Waals surface area contributed by atoms with E-state index in [1.165, 1.54) is 9.75 Å². The molecule has 2 nitrogen and oxygen atoms in total. The first kappa shape index (κ1) is 13.6. The third-order valence-electron chi connectivity index (χ3n) is 2.47. The predicted molar refractivity (Wildman–Crippen MR) is 77.0 cm³/mol. The number of hydrogen-bond acceptors (Lipinski definition) is 3. The molecule has 0 saturated heterocycles. The molecule has 1 heterocycles. The van der Waals surface area contributed by atoms with Gasteiger partial charge < -0.3 is 10.1 Å². The number of thiophene rings is 1. The first-order valence-electron chi connectivity index (χ1n) is 5.82. The van der Waals surface area contributed by atoms with Crippen LogP contribution < -0.4 is 5.32 Å². The molecule has 1 N–H and O–H groups in total. The molecule has 0 fully saturated rings. The standard InChI is InChI=1S/C14H16ClNOS/c1-16-8-13-5-6-14(18-13)10-17-9-11-3-2-4-12(15)7-11/h2-7,16H,8-10H2,1H3. The molecule has 2 rings (SSSR count). The van der Waals surface area contributed by atoms with Crippen LogP contribution in [0, 0.1) is 0 Å². The van der Waals surface area contributed by atoms with Crippen molar-refractivity contribution in [3.05, 3.63) is 56.7 Å². The minimum Gasteiger partial charge on any atom is -0.371 e. The van der Waals surface area contributed by atoms with Crippen LogP contribution in [0.2, 0.25) is 5.02 Å². The van der Waals surface area contributed by atoms with Crippen LogP contribution in [0.3, 0.4) is 0 Å². The molecule has 0 aliphatic rings. The van der Waals surface area contributed by atoms with Crippen molar-refractivity contribution in [1.82, 2.24) is 5.32 Å². The Kier molecular flexibility index (Phi) is 5.20. The van der Waals surface area contributed by atoms with E-state index in [0.717, 1.165) is 17.1 Å². The van der Waals surface area contributed by atoms with Gasteiger partial charge in [0.15, 0.2) is 0 Å². The lowest BCUT2D eigenvalue weighted by Crippen LogP contribution is -2.02. The summed E-state index contributed by atoms with van der Waals surface area (Å²) < 4.78 is 5.68. The molecule has 0 spiro atoms. The molecule has 1 aromatic heterocycles. The summed E-state index contributed by atoms with van der Waals surface area (Å²) in [6, 6.07) is 12.0. The molecular weight excluding hydrogens is 266 g/mol. The van der Waals surface area contributed by atoms with Gasteiger partial charge in [-0.15, -0.1) is 11.3 Å². The van der Waals surface area contributed by atoms with E-state index in [-0.39, 0.29) is 0 Å². The van der Waals surface area contributed by atoms with Gasteiger partial charge >= 0.3 is 0 Å². The highest BCUT2D eigenvalue weighted by molar-refractivity contribution is 7.11. The Morgan fingerprint density at radius 3 is 2.78 bits per heavy atom. The maximum atomic E-state index is 5.92. The van der Waals surface area contributed by atoms with Crippen LogP contribution in [0.15, 0.2) is 36.4 Å². The highest BCUT2D eigenvalue weighted by Gasteiger charge is 2.00. The average Bonchev–Trinajstić information content (AvgIpc) is 2.78. The normalized spacial score (nSPS) is 10.8. The molecule has 2 aromatic rings. The Bertz CT molecular complexity index is 498. The topological polar surface area (TPSA) is 21.3 Å². The molecule has 0 saturated carbocycles. The van der Waals surface area contributed by atoms with Crippen molar-refractivity contribution < 1.29 is 4.74 Å². The van der Waals surface area contributed by atoms with E-state index in [1.807, 2.05) is 31.3 Å². The van der Waals surface area contributed by atoms with Crippen LogP contribution in [-0.4, -0.2) is 7.05 Å². The lowest BCUT2D eigenvalue weighted by molar-refractivity contribution is 0.109. The van der Waals surface area contributed by atoms with Crippen LogP contribution in [0.4, 0.5) is 0 Å². The summed E-state index contributed by atoms with van der Waals surface area (Å²) in [4.78, 5) is 2.58. The smallest absolute Gasteiger partial charge is 0.0814 e. The summed E-state index contributed by atoms with van der Waals surface area (Å²) in [5.74, 6) is 0. The van der Waals surface area contributed by atoms with Gasteiger partial charge in [0.25, 0.3) is 0 Å². The van der Waals surface area contributed by atoms with E-state index in [4.69, 9.17) is 16.3 Å². The summed E-state index contributed by atoms with van der Waals surface area (Å²) >= 11 is 7.70. The van der Waals surface area contributed by atoms with E-state index in [2.05, 4.69) is 17.4 Å². The lowest BCUT2D eigenvalue weighted by Gasteiger charge is -2.03. The second-order valence-electron chi connectivity index (χ2n) is 4.02. The molecule has 1 aromatic carbocycles. The van der Waals surface area contributed by atoms with Crippen LogP contribution >= 0.6 is 22.9 Å². The monoisotopic (exact) mass is 281 g/mol. The van der Waals surface area contributed by atoms with E-state index in [1.54, 1.807) is 11.3 Å². The highest BCUT2D eigenvalue weighted by atomic mass is 35.5. The molecule has 18 heavy (non-hydrogen) atoms. The minimum atomic E-state index is 0.597. The highest BCUT2D eigenvalue weighted by Crippen LogP contribution is 2.18. The molecular formula is C14H16ClNOS. The Balaban J connectivity index is 1.81. The Labute approximate surface area is 117 Å². The third kappa shape index (κ3) is 4.10. The number of hydrogen-bond donors (Lipinski definition) is 1. The first-order chi connectivity index (χ1) is 8.78. The van der Waals surface area contributed by atoms with E-state index in [9.17, 15) is 0 Å². The second-order valence-corrected chi connectivity index (χ2v) is 5.71. The predicted octanol–water partition coefficient (Wildman–Crippen LogP) is 3.84. The molecule has 0 radical (unpaired) electrons. The fourth-order valence-electron chi connectivity index (χ4n) is 1.67. The fraction of sp³-hybridized carbons (Fsp3) is 0.286. The van der Waals surface area contributed by atoms with Crippen LogP contribution in [0.25, 0.3) is 0 Å². The third-order valence-corrected chi connectivity index (χ3v) is 3.76. The Hall–Kier alpha value is -0.870. The van der Waals surface area contributed by atoms with Crippen LogP contribution in [0.1, 0.15) is 15.3 Å². The van der Waals surface area contributed by atoms with E-state index < -0.39 is 0 Å². The van der Waals surface area contributed by atoms with Crippen molar-refractivity contribution in [3.63, 3.8) is 0 Å². The zero-order valence-electron chi connectivity index (χ0n) is 10.3. The molecule has 4 heteroatoms. The maximum absolute atomic E-state index is 5.92. The number of nitrogens with one attached hydrogen (secondary N) is 1. The summed E-state index contributed by atoms with van der Waals surface area (Å²) in [6.07, 6.45) is 0. The summed E-state index contributed by atoms with van der Waals surface area (Å²) in [6.45, 7) is 2.17. The molecule has 0 aliphatic carbocycles. The fourth-order valence-corrected chi connectivity index (χ4v) is 2.85. The van der Waals surface area contributed by atoms with Gasteiger partial charge in [0, 0.05) is 21.3 Å². The van der Waals surface area contributed by atoms with Gasteiger partial charge in [0.05, 0.1) is 13.2 Å². The van der Waals surface area contributed by atoms with Crippen molar-refractivity contribution in [2.24, 2.45) is 0 Å². The van der Waals surface area contributed by atoms with Gasteiger partial charge in [0.1, 0.15) is 0 Å². The SMILES string of the molecule is CNCc1ccc(COCc2cccc(Cl)c2)s1. The van der Waals surface area contributed by atoms with Gasteiger partial charge in [-0.05, 0) is 36.9 Å².